The van der Waals surface area contributed by atoms with Crippen molar-refractivity contribution in [1.82, 2.24) is 14.9 Å². The van der Waals surface area contributed by atoms with Crippen LogP contribution >= 0.6 is 0 Å². The molecular formula is C13H19N3O6. The van der Waals surface area contributed by atoms with Crippen LogP contribution in [0.25, 0.3) is 0 Å². The van der Waals surface area contributed by atoms with Crippen molar-refractivity contribution in [3.63, 3.8) is 0 Å². The van der Waals surface area contributed by atoms with Gasteiger partial charge in [0.2, 0.25) is 5.91 Å². The minimum atomic E-state index is -1.11. The molecule has 2 rings (SSSR count). The maximum absolute atomic E-state index is 11.8. The van der Waals surface area contributed by atoms with E-state index in [0.29, 0.717) is 5.56 Å². The molecule has 1 saturated heterocycles. The van der Waals surface area contributed by atoms with Crippen LogP contribution in [0.3, 0.4) is 0 Å². The Labute approximate surface area is 125 Å². The molecule has 22 heavy (non-hydrogen) atoms. The first-order valence-electron chi connectivity index (χ1n) is 6.87. The van der Waals surface area contributed by atoms with Gasteiger partial charge in [0.05, 0.1) is 6.10 Å². The fraction of sp³-hybridized carbons (Fsp3) is 0.615. The summed E-state index contributed by atoms with van der Waals surface area (Å²) < 4.78 is 6.69. The number of nitrogens with one attached hydrogen (secondary N) is 2. The quantitative estimate of drug-likeness (QED) is 0.507. The number of ether oxygens (including phenoxy) is 1. The lowest BCUT2D eigenvalue weighted by molar-refractivity contribution is -0.121. The predicted octanol–water partition coefficient (Wildman–Crippen LogP) is -2.01. The molecule has 1 unspecified atom stereocenters. The van der Waals surface area contributed by atoms with Crippen LogP contribution in [0.2, 0.25) is 0 Å². The van der Waals surface area contributed by atoms with Gasteiger partial charge in [0.15, 0.2) is 0 Å². The predicted molar refractivity (Wildman–Crippen MR) is 75.3 cm³/mol. The maximum atomic E-state index is 11.8. The van der Waals surface area contributed by atoms with E-state index in [1.54, 1.807) is 6.92 Å². The Morgan fingerprint density at radius 3 is 2.91 bits per heavy atom. The highest BCUT2D eigenvalue weighted by Gasteiger charge is 2.39. The average Bonchev–Trinajstić information content (AvgIpc) is 2.82. The van der Waals surface area contributed by atoms with Crippen LogP contribution in [0, 0.1) is 6.92 Å². The first kappa shape index (κ1) is 16.4. The van der Waals surface area contributed by atoms with E-state index in [1.165, 1.54) is 17.7 Å². The monoisotopic (exact) mass is 315 g/mol. The van der Waals surface area contributed by atoms with Gasteiger partial charge < -0.3 is 20.3 Å². The summed E-state index contributed by atoms with van der Waals surface area (Å²) in [5, 5.41) is 22.4. The summed E-state index contributed by atoms with van der Waals surface area (Å²) in [6, 6.07) is 0. The number of hydrogen-bond donors (Lipinski definition) is 4. The molecule has 9 heteroatoms. The second-order valence-corrected chi connectivity index (χ2v) is 5.34. The van der Waals surface area contributed by atoms with Gasteiger partial charge in [-0.2, -0.15) is 0 Å². The van der Waals surface area contributed by atoms with E-state index in [-0.39, 0.29) is 18.9 Å². The van der Waals surface area contributed by atoms with Crippen molar-refractivity contribution >= 4 is 5.91 Å². The molecule has 0 radical (unpaired) electrons. The number of H-pyrrole nitrogens is 1. The second-order valence-electron chi connectivity index (χ2n) is 5.34. The van der Waals surface area contributed by atoms with Crippen LogP contribution in [0.5, 0.6) is 0 Å². The normalized spacial score (nSPS) is 25.9. The lowest BCUT2D eigenvalue weighted by Gasteiger charge is -2.21. The Morgan fingerprint density at radius 1 is 1.59 bits per heavy atom. The molecule has 0 spiro atoms. The van der Waals surface area contributed by atoms with E-state index in [0.717, 1.165) is 0 Å². The number of aromatic nitrogens is 2. The molecule has 4 atom stereocenters. The van der Waals surface area contributed by atoms with Crippen LogP contribution in [0.1, 0.15) is 25.1 Å². The Bertz CT molecular complexity index is 666. The van der Waals surface area contributed by atoms with E-state index in [4.69, 9.17) is 4.74 Å². The summed E-state index contributed by atoms with van der Waals surface area (Å²) in [7, 11) is 0. The van der Waals surface area contributed by atoms with Crippen molar-refractivity contribution in [2.75, 3.05) is 6.54 Å². The van der Waals surface area contributed by atoms with Gasteiger partial charge in [-0.05, 0) is 6.92 Å². The summed E-state index contributed by atoms with van der Waals surface area (Å²) in [6.45, 7) is 2.79. The third-order valence-corrected chi connectivity index (χ3v) is 3.53. The summed E-state index contributed by atoms with van der Waals surface area (Å²) in [5.41, 5.74) is -0.799. The van der Waals surface area contributed by atoms with Gasteiger partial charge in [0, 0.05) is 31.6 Å². The van der Waals surface area contributed by atoms with E-state index >= 15 is 0 Å². The number of aryl methyl sites for hydroxylation is 1. The van der Waals surface area contributed by atoms with Gasteiger partial charge in [0.1, 0.15) is 18.4 Å². The van der Waals surface area contributed by atoms with Crippen molar-refractivity contribution < 1.29 is 19.7 Å². The molecule has 0 aliphatic carbocycles. The number of hydrogen-bond acceptors (Lipinski definition) is 6. The third kappa shape index (κ3) is 3.43. The zero-order valence-electron chi connectivity index (χ0n) is 12.3. The number of aliphatic hydroxyl groups excluding tert-OH is 2. The summed E-state index contributed by atoms with van der Waals surface area (Å²) in [6.07, 6.45) is -2.39. The summed E-state index contributed by atoms with van der Waals surface area (Å²) >= 11 is 0. The van der Waals surface area contributed by atoms with Crippen LogP contribution < -0.4 is 16.6 Å². The largest absolute Gasteiger partial charge is 0.390 e. The molecule has 1 fully saturated rings. The number of aliphatic hydroxyl groups is 2. The van der Waals surface area contributed by atoms with Crippen molar-refractivity contribution in [2.45, 2.75) is 44.8 Å². The van der Waals surface area contributed by atoms with E-state index in [1.807, 2.05) is 0 Å². The SMILES string of the molecule is Cc1cn([C@H]2C[C@H](O)[C@@H](C(O)CN[14C](C)=O)O2)c(=O)[nH]c1=O. The van der Waals surface area contributed by atoms with Crippen LogP contribution in [-0.4, -0.2) is 50.5 Å². The van der Waals surface area contributed by atoms with Crippen LogP contribution in [0.15, 0.2) is 15.8 Å². The molecule has 1 aromatic rings. The molecule has 4 N–H and O–H groups in total. The number of carbonyl (C=O) groups is 1. The van der Waals surface area contributed by atoms with Crippen molar-refractivity contribution in [3.05, 3.63) is 32.6 Å². The van der Waals surface area contributed by atoms with Gasteiger partial charge in [-0.25, -0.2) is 4.79 Å². The molecule has 0 bridgehead atoms. The molecule has 0 saturated carbocycles. The smallest absolute Gasteiger partial charge is 0.330 e. The molecule has 1 amide bonds. The Hall–Kier alpha value is -1.97. The highest BCUT2D eigenvalue weighted by atomic mass is 16.5. The Morgan fingerprint density at radius 2 is 2.27 bits per heavy atom. The highest BCUT2D eigenvalue weighted by molar-refractivity contribution is 5.72. The third-order valence-electron chi connectivity index (χ3n) is 3.53. The maximum Gasteiger partial charge on any atom is 0.330 e. The number of rotatable bonds is 4. The van der Waals surface area contributed by atoms with Crippen LogP contribution in [0.4, 0.5) is 0 Å². The molecule has 122 valence electrons. The Balaban J connectivity index is 2.14. The molecule has 2 heterocycles. The fourth-order valence-electron chi connectivity index (χ4n) is 2.36. The summed E-state index contributed by atoms with van der Waals surface area (Å²) in [4.78, 5) is 36.2. The van der Waals surface area contributed by atoms with E-state index in [9.17, 15) is 24.6 Å². The number of carbonyl (C=O) groups excluding carboxylic acids is 1. The van der Waals surface area contributed by atoms with Crippen molar-refractivity contribution in [1.29, 1.82) is 0 Å². The average molecular weight is 315 g/mol. The van der Waals surface area contributed by atoms with Gasteiger partial charge in [-0.15, -0.1) is 0 Å². The van der Waals surface area contributed by atoms with Gasteiger partial charge in [-0.1, -0.05) is 0 Å². The number of aromatic amines is 1. The van der Waals surface area contributed by atoms with E-state index in [2.05, 4.69) is 10.3 Å². The van der Waals surface area contributed by atoms with Gasteiger partial charge >= 0.3 is 5.69 Å². The fourth-order valence-corrected chi connectivity index (χ4v) is 2.36. The summed E-state index contributed by atoms with van der Waals surface area (Å²) in [5.74, 6) is -0.310. The van der Waals surface area contributed by atoms with Crippen molar-refractivity contribution in [2.24, 2.45) is 0 Å². The zero-order chi connectivity index (χ0) is 16.4. The van der Waals surface area contributed by atoms with Gasteiger partial charge in [-0.3, -0.25) is 19.1 Å². The molecule has 1 aromatic heterocycles. The number of nitrogens with zero attached hydrogens (tertiary/aromatic N) is 1. The van der Waals surface area contributed by atoms with Crippen molar-refractivity contribution in [3.8, 4) is 0 Å². The first-order valence-corrected chi connectivity index (χ1v) is 6.87. The Kier molecular flexibility index (Phi) is 4.79. The molecule has 0 aromatic carbocycles. The molecular weight excluding hydrogens is 296 g/mol. The standard InChI is InChI=1S/C13H19N3O6/c1-6-5-16(13(21)15-12(6)20)10-3-8(18)11(22-10)9(19)4-14-7(2)17/h5,8-11,18-19H,3-4H2,1-2H3,(H,14,17)(H,15,20,21)/t8-,9?,10+,11-/m0/s1/i7+2. The highest BCUT2D eigenvalue weighted by Crippen LogP contribution is 2.29. The lowest BCUT2D eigenvalue weighted by atomic mass is 10.1. The lowest BCUT2D eigenvalue weighted by Crippen LogP contribution is -2.42. The van der Waals surface area contributed by atoms with E-state index < -0.39 is 35.8 Å². The second kappa shape index (κ2) is 6.42. The van der Waals surface area contributed by atoms with Gasteiger partial charge in [0.25, 0.3) is 5.56 Å². The molecule has 1 aliphatic rings. The topological polar surface area (TPSA) is 134 Å². The molecule has 9 nitrogen and oxygen atoms in total. The number of amides is 1. The molecule has 1 aliphatic heterocycles. The minimum Gasteiger partial charge on any atom is -0.390 e. The van der Waals surface area contributed by atoms with Crippen LogP contribution in [-0.2, 0) is 9.53 Å². The zero-order valence-corrected chi connectivity index (χ0v) is 12.3. The first-order chi connectivity index (χ1) is 10.3. The minimum absolute atomic E-state index is 0.0661.